The molecule has 0 spiro atoms. The van der Waals surface area contributed by atoms with Crippen molar-refractivity contribution in [2.45, 2.75) is 58.7 Å². The smallest absolute Gasteiger partial charge is 0.289 e. The van der Waals surface area contributed by atoms with Crippen molar-refractivity contribution in [3.05, 3.63) is 94.9 Å². The van der Waals surface area contributed by atoms with Gasteiger partial charge in [0, 0.05) is 32.1 Å². The molecule has 36 heavy (non-hydrogen) atoms. The molecule has 6 heteroatoms. The number of rotatable bonds is 8. The molecule has 4 rings (SSSR count). The average molecular weight is 488 g/mol. The highest BCUT2D eigenvalue weighted by Gasteiger charge is 2.28. The summed E-state index contributed by atoms with van der Waals surface area (Å²) in [6.45, 7) is 9.84. The SMILES string of the molecule is CC(C)(C)c1ccc(CN(Cc2ccccc2)Cc2ccc(C(=O)N3CCC(C(N)=O)CC3)o2)cc1. The van der Waals surface area contributed by atoms with Gasteiger partial charge in [-0.05, 0) is 47.1 Å². The van der Waals surface area contributed by atoms with E-state index in [1.54, 1.807) is 11.0 Å². The first-order valence-electron chi connectivity index (χ1n) is 12.7. The molecule has 1 aliphatic heterocycles. The third-order valence-corrected chi connectivity index (χ3v) is 6.91. The number of hydrogen-bond donors (Lipinski definition) is 1. The Morgan fingerprint density at radius 2 is 1.50 bits per heavy atom. The van der Waals surface area contributed by atoms with E-state index in [0.717, 1.165) is 18.8 Å². The third-order valence-electron chi connectivity index (χ3n) is 6.91. The fourth-order valence-electron chi connectivity index (χ4n) is 4.70. The van der Waals surface area contributed by atoms with Gasteiger partial charge in [0.15, 0.2) is 5.76 Å². The van der Waals surface area contributed by atoms with Crippen LogP contribution in [-0.2, 0) is 29.8 Å². The van der Waals surface area contributed by atoms with Crippen LogP contribution in [-0.4, -0.2) is 34.7 Å². The van der Waals surface area contributed by atoms with Gasteiger partial charge in [-0.2, -0.15) is 0 Å². The molecule has 2 aromatic carbocycles. The monoisotopic (exact) mass is 487 g/mol. The number of piperidine rings is 1. The van der Waals surface area contributed by atoms with E-state index >= 15 is 0 Å². The Labute approximate surface area is 214 Å². The molecule has 0 unspecified atom stereocenters. The zero-order chi connectivity index (χ0) is 25.7. The molecule has 1 fully saturated rings. The van der Waals surface area contributed by atoms with Gasteiger partial charge in [0.25, 0.3) is 5.91 Å². The van der Waals surface area contributed by atoms with Crippen LogP contribution in [0.5, 0.6) is 0 Å². The molecule has 0 aliphatic carbocycles. The van der Waals surface area contributed by atoms with E-state index in [4.69, 9.17) is 10.2 Å². The summed E-state index contributed by atoms with van der Waals surface area (Å²) in [4.78, 5) is 28.5. The van der Waals surface area contributed by atoms with E-state index in [0.29, 0.717) is 38.2 Å². The Hall–Kier alpha value is -3.38. The Morgan fingerprint density at radius 3 is 2.08 bits per heavy atom. The number of nitrogens with zero attached hydrogens (tertiary/aromatic N) is 2. The molecule has 1 aromatic heterocycles. The topological polar surface area (TPSA) is 79.8 Å². The van der Waals surface area contributed by atoms with Crippen LogP contribution in [0.4, 0.5) is 0 Å². The van der Waals surface area contributed by atoms with Gasteiger partial charge in [0.2, 0.25) is 5.91 Å². The molecule has 6 nitrogen and oxygen atoms in total. The molecule has 3 aromatic rings. The zero-order valence-corrected chi connectivity index (χ0v) is 21.6. The molecule has 2 amide bonds. The summed E-state index contributed by atoms with van der Waals surface area (Å²) in [6, 6.07) is 22.9. The number of nitrogens with two attached hydrogens (primary N) is 1. The number of benzene rings is 2. The van der Waals surface area contributed by atoms with Crippen molar-refractivity contribution in [1.82, 2.24) is 9.80 Å². The van der Waals surface area contributed by atoms with Gasteiger partial charge >= 0.3 is 0 Å². The Kier molecular flexibility index (Phi) is 7.94. The Morgan fingerprint density at radius 1 is 0.889 bits per heavy atom. The molecule has 0 radical (unpaired) electrons. The largest absolute Gasteiger partial charge is 0.455 e. The van der Waals surface area contributed by atoms with E-state index in [1.165, 1.54) is 16.7 Å². The van der Waals surface area contributed by atoms with Crippen molar-refractivity contribution in [2.24, 2.45) is 11.7 Å². The fraction of sp³-hybridized carbons (Fsp3) is 0.400. The predicted octanol–water partition coefficient (Wildman–Crippen LogP) is 5.12. The van der Waals surface area contributed by atoms with Gasteiger partial charge in [-0.1, -0.05) is 75.4 Å². The van der Waals surface area contributed by atoms with E-state index in [-0.39, 0.29) is 23.1 Å². The summed E-state index contributed by atoms with van der Waals surface area (Å²) < 4.78 is 6.02. The van der Waals surface area contributed by atoms with E-state index in [2.05, 4.69) is 74.2 Å². The maximum absolute atomic E-state index is 13.0. The van der Waals surface area contributed by atoms with Crippen LogP contribution in [0.3, 0.4) is 0 Å². The van der Waals surface area contributed by atoms with Crippen molar-refractivity contribution in [3.63, 3.8) is 0 Å². The third kappa shape index (κ3) is 6.64. The molecule has 0 atom stereocenters. The van der Waals surface area contributed by atoms with Crippen LogP contribution in [0.15, 0.2) is 71.1 Å². The van der Waals surface area contributed by atoms with Crippen LogP contribution >= 0.6 is 0 Å². The van der Waals surface area contributed by atoms with Gasteiger partial charge in [-0.3, -0.25) is 14.5 Å². The van der Waals surface area contributed by atoms with E-state index < -0.39 is 0 Å². The first-order valence-corrected chi connectivity index (χ1v) is 12.7. The summed E-state index contributed by atoms with van der Waals surface area (Å²) in [5.41, 5.74) is 9.32. The number of primary amides is 1. The summed E-state index contributed by atoms with van der Waals surface area (Å²) in [6.07, 6.45) is 1.21. The molecule has 1 aliphatic rings. The van der Waals surface area contributed by atoms with Crippen molar-refractivity contribution in [2.75, 3.05) is 13.1 Å². The van der Waals surface area contributed by atoms with Crippen molar-refractivity contribution in [3.8, 4) is 0 Å². The maximum Gasteiger partial charge on any atom is 0.289 e. The minimum atomic E-state index is -0.283. The molecular formula is C30H37N3O3. The number of carbonyl (C=O) groups is 2. The first kappa shape index (κ1) is 25.7. The van der Waals surface area contributed by atoms with Crippen LogP contribution in [0, 0.1) is 5.92 Å². The van der Waals surface area contributed by atoms with E-state index in [9.17, 15) is 9.59 Å². The lowest BCUT2D eigenvalue weighted by Gasteiger charge is -2.29. The second-order valence-corrected chi connectivity index (χ2v) is 10.8. The molecule has 0 saturated carbocycles. The Bertz CT molecular complexity index is 1150. The Balaban J connectivity index is 1.45. The van der Waals surface area contributed by atoms with Gasteiger partial charge in [-0.15, -0.1) is 0 Å². The molecule has 0 bridgehead atoms. The van der Waals surface area contributed by atoms with Gasteiger partial charge in [0.05, 0.1) is 6.54 Å². The minimum Gasteiger partial charge on any atom is -0.455 e. The first-order chi connectivity index (χ1) is 17.2. The molecule has 190 valence electrons. The summed E-state index contributed by atoms with van der Waals surface area (Å²) in [5, 5.41) is 0. The number of carbonyl (C=O) groups excluding carboxylic acids is 2. The average Bonchev–Trinajstić information content (AvgIpc) is 3.32. The molecule has 2 heterocycles. The minimum absolute atomic E-state index is 0.120. The highest BCUT2D eigenvalue weighted by Crippen LogP contribution is 2.24. The number of amides is 2. The fourth-order valence-corrected chi connectivity index (χ4v) is 4.70. The van der Waals surface area contributed by atoms with Crippen molar-refractivity contribution < 1.29 is 14.0 Å². The van der Waals surface area contributed by atoms with Crippen molar-refractivity contribution >= 4 is 11.8 Å². The molecular weight excluding hydrogens is 450 g/mol. The number of furan rings is 1. The second kappa shape index (κ2) is 11.1. The maximum atomic E-state index is 13.0. The summed E-state index contributed by atoms with van der Waals surface area (Å²) in [7, 11) is 0. The lowest BCUT2D eigenvalue weighted by molar-refractivity contribution is -0.123. The van der Waals surface area contributed by atoms with E-state index in [1.807, 2.05) is 12.1 Å². The second-order valence-electron chi connectivity index (χ2n) is 10.8. The number of hydrogen-bond acceptors (Lipinski definition) is 4. The standard InChI is InChI=1S/C30H37N3O3/c1-30(2,3)25-11-9-23(10-12-25)20-32(19-22-7-5-4-6-8-22)21-26-13-14-27(36-26)29(35)33-17-15-24(16-18-33)28(31)34/h4-14,24H,15-21H2,1-3H3,(H2,31,34). The zero-order valence-electron chi connectivity index (χ0n) is 21.6. The van der Waals surface area contributed by atoms with Crippen LogP contribution in [0.2, 0.25) is 0 Å². The quantitative estimate of drug-likeness (QED) is 0.478. The van der Waals surface area contributed by atoms with Gasteiger partial charge in [0.1, 0.15) is 5.76 Å². The van der Waals surface area contributed by atoms with Crippen LogP contribution in [0.1, 0.15) is 66.6 Å². The lowest BCUT2D eigenvalue weighted by atomic mass is 9.87. The van der Waals surface area contributed by atoms with Crippen LogP contribution < -0.4 is 5.73 Å². The highest BCUT2D eigenvalue weighted by atomic mass is 16.4. The van der Waals surface area contributed by atoms with Crippen molar-refractivity contribution in [1.29, 1.82) is 0 Å². The lowest BCUT2D eigenvalue weighted by Crippen LogP contribution is -2.41. The van der Waals surface area contributed by atoms with Gasteiger partial charge < -0.3 is 15.1 Å². The summed E-state index contributed by atoms with van der Waals surface area (Å²) >= 11 is 0. The normalized spacial score (nSPS) is 14.8. The highest BCUT2D eigenvalue weighted by molar-refractivity contribution is 5.91. The van der Waals surface area contributed by atoms with Gasteiger partial charge in [-0.25, -0.2) is 0 Å². The predicted molar refractivity (Wildman–Crippen MR) is 141 cm³/mol. The summed E-state index contributed by atoms with van der Waals surface area (Å²) in [5.74, 6) is 0.542. The molecule has 1 saturated heterocycles. The van der Waals surface area contributed by atoms with Crippen LogP contribution in [0.25, 0.3) is 0 Å². The number of likely N-dealkylation sites (tertiary alicyclic amines) is 1. The molecule has 2 N–H and O–H groups in total.